The molecule has 0 saturated carbocycles. The fourth-order valence-electron chi connectivity index (χ4n) is 1.95. The van der Waals surface area contributed by atoms with Crippen LogP contribution in [0.3, 0.4) is 0 Å². The molecule has 98 valence electrons. The highest BCUT2D eigenvalue weighted by molar-refractivity contribution is 5.78. The average Bonchev–Trinajstić information content (AvgIpc) is 2.94. The Morgan fingerprint density at radius 3 is 2.89 bits per heavy atom. The molecule has 3 aromatic rings. The van der Waals surface area contributed by atoms with Crippen LogP contribution in [0.1, 0.15) is 5.69 Å². The molecule has 0 bridgehead atoms. The van der Waals surface area contributed by atoms with Crippen molar-refractivity contribution in [3.05, 3.63) is 24.3 Å². The van der Waals surface area contributed by atoms with Crippen molar-refractivity contribution in [1.82, 2.24) is 29.3 Å². The van der Waals surface area contributed by atoms with Crippen LogP contribution in [0.4, 0.5) is 5.95 Å². The second-order valence-corrected chi connectivity index (χ2v) is 4.09. The number of aryl methyl sites for hydroxylation is 1. The van der Waals surface area contributed by atoms with E-state index in [-0.39, 0.29) is 0 Å². The summed E-state index contributed by atoms with van der Waals surface area (Å²) in [5.74, 6) is 0.774. The molecule has 8 nitrogen and oxygen atoms in total. The van der Waals surface area contributed by atoms with Gasteiger partial charge in [-0.05, 0) is 6.07 Å². The van der Waals surface area contributed by atoms with Crippen molar-refractivity contribution < 1.29 is 4.74 Å². The van der Waals surface area contributed by atoms with Crippen LogP contribution in [-0.4, -0.2) is 36.4 Å². The third kappa shape index (κ3) is 1.86. The van der Waals surface area contributed by atoms with Crippen LogP contribution in [0.15, 0.2) is 18.6 Å². The number of rotatable bonds is 3. The zero-order valence-electron chi connectivity index (χ0n) is 10.6. The van der Waals surface area contributed by atoms with Crippen molar-refractivity contribution in [3.8, 4) is 5.88 Å². The largest absolute Gasteiger partial charge is 0.479 e. The second kappa shape index (κ2) is 4.23. The Balaban J connectivity index is 2.10. The van der Waals surface area contributed by atoms with E-state index < -0.39 is 0 Å². The summed E-state index contributed by atoms with van der Waals surface area (Å²) in [5.41, 5.74) is 7.99. The van der Waals surface area contributed by atoms with Crippen LogP contribution in [0, 0.1) is 0 Å². The van der Waals surface area contributed by atoms with Crippen molar-refractivity contribution in [1.29, 1.82) is 0 Å². The van der Waals surface area contributed by atoms with Crippen molar-refractivity contribution >= 4 is 17.1 Å². The summed E-state index contributed by atoms with van der Waals surface area (Å²) < 4.78 is 8.66. The van der Waals surface area contributed by atoms with Crippen LogP contribution in [-0.2, 0) is 13.6 Å². The van der Waals surface area contributed by atoms with E-state index in [1.54, 1.807) is 9.25 Å². The normalized spacial score (nSPS) is 11.1. The first kappa shape index (κ1) is 11.5. The van der Waals surface area contributed by atoms with Gasteiger partial charge >= 0.3 is 0 Å². The van der Waals surface area contributed by atoms with Gasteiger partial charge in [0.1, 0.15) is 6.33 Å². The van der Waals surface area contributed by atoms with Crippen molar-refractivity contribution in [2.24, 2.45) is 7.05 Å². The van der Waals surface area contributed by atoms with Crippen molar-refractivity contribution in [2.45, 2.75) is 6.54 Å². The van der Waals surface area contributed by atoms with E-state index in [1.807, 2.05) is 19.3 Å². The monoisotopic (exact) mass is 259 g/mol. The van der Waals surface area contributed by atoms with Gasteiger partial charge in [-0.1, -0.05) is 0 Å². The lowest BCUT2D eigenvalue weighted by atomic mass is 10.4. The molecule has 0 amide bonds. The van der Waals surface area contributed by atoms with Crippen LogP contribution in [0.2, 0.25) is 0 Å². The molecule has 3 aromatic heterocycles. The van der Waals surface area contributed by atoms with Gasteiger partial charge < -0.3 is 10.5 Å². The summed E-state index contributed by atoms with van der Waals surface area (Å²) in [6.07, 6.45) is 3.30. The summed E-state index contributed by atoms with van der Waals surface area (Å²) in [7, 11) is 3.40. The third-order valence-corrected chi connectivity index (χ3v) is 2.81. The van der Waals surface area contributed by atoms with Crippen molar-refractivity contribution in [2.75, 3.05) is 12.8 Å². The standard InChI is InChI=1S/C11H13N7O/c1-17-4-3-7(16-17)5-18-9-8(15-11(18)12)10(19-2)14-6-13-9/h3-4,6H,5H2,1-2H3,(H2,12,15). The summed E-state index contributed by atoms with van der Waals surface area (Å²) >= 11 is 0. The highest BCUT2D eigenvalue weighted by atomic mass is 16.5. The van der Waals surface area contributed by atoms with Gasteiger partial charge in [-0.25, -0.2) is 9.97 Å². The van der Waals surface area contributed by atoms with Gasteiger partial charge in [0.2, 0.25) is 11.8 Å². The Morgan fingerprint density at radius 2 is 2.21 bits per heavy atom. The highest BCUT2D eigenvalue weighted by Crippen LogP contribution is 2.23. The van der Waals surface area contributed by atoms with Crippen LogP contribution in [0.5, 0.6) is 5.88 Å². The number of anilines is 1. The Bertz CT molecular complexity index is 730. The van der Waals surface area contributed by atoms with E-state index in [2.05, 4.69) is 20.1 Å². The van der Waals surface area contributed by atoms with Crippen LogP contribution >= 0.6 is 0 Å². The fourth-order valence-corrected chi connectivity index (χ4v) is 1.95. The first-order chi connectivity index (χ1) is 9.19. The Hall–Kier alpha value is -2.64. The van der Waals surface area contributed by atoms with Gasteiger partial charge in [0.15, 0.2) is 11.2 Å². The minimum Gasteiger partial charge on any atom is -0.479 e. The van der Waals surface area contributed by atoms with E-state index in [0.29, 0.717) is 29.5 Å². The molecule has 0 fully saturated rings. The predicted molar refractivity (Wildman–Crippen MR) is 68.6 cm³/mol. The molecule has 0 unspecified atom stereocenters. The lowest BCUT2D eigenvalue weighted by molar-refractivity contribution is 0.401. The van der Waals surface area contributed by atoms with Gasteiger partial charge in [-0.3, -0.25) is 9.25 Å². The van der Waals surface area contributed by atoms with Gasteiger partial charge in [0.25, 0.3) is 0 Å². The first-order valence-electron chi connectivity index (χ1n) is 5.68. The summed E-state index contributed by atoms with van der Waals surface area (Å²) in [6.45, 7) is 0.503. The zero-order chi connectivity index (χ0) is 13.4. The number of hydrogen-bond acceptors (Lipinski definition) is 6. The quantitative estimate of drug-likeness (QED) is 0.721. The van der Waals surface area contributed by atoms with E-state index in [0.717, 1.165) is 5.69 Å². The lowest BCUT2D eigenvalue weighted by Gasteiger charge is -2.03. The maximum absolute atomic E-state index is 5.93. The van der Waals surface area contributed by atoms with Crippen LogP contribution < -0.4 is 10.5 Å². The molecule has 0 saturated heterocycles. The van der Waals surface area contributed by atoms with Gasteiger partial charge in [0, 0.05) is 13.2 Å². The van der Waals surface area contributed by atoms with E-state index in [1.165, 1.54) is 13.4 Å². The number of ether oxygens (including phenoxy) is 1. The van der Waals surface area contributed by atoms with Gasteiger partial charge in [-0.15, -0.1) is 0 Å². The van der Waals surface area contributed by atoms with E-state index in [9.17, 15) is 0 Å². The predicted octanol–water partition coefficient (Wildman–Crippen LogP) is 0.199. The Morgan fingerprint density at radius 1 is 1.37 bits per heavy atom. The molecule has 8 heteroatoms. The first-order valence-corrected chi connectivity index (χ1v) is 5.68. The molecular weight excluding hydrogens is 246 g/mol. The zero-order valence-corrected chi connectivity index (χ0v) is 10.6. The molecule has 0 aliphatic heterocycles. The Kier molecular flexibility index (Phi) is 2.55. The number of imidazole rings is 1. The lowest BCUT2D eigenvalue weighted by Crippen LogP contribution is -2.06. The molecule has 3 heterocycles. The number of fused-ring (bicyclic) bond motifs is 1. The molecule has 19 heavy (non-hydrogen) atoms. The molecule has 0 atom stereocenters. The number of aromatic nitrogens is 6. The maximum atomic E-state index is 5.93. The highest BCUT2D eigenvalue weighted by Gasteiger charge is 2.15. The molecule has 0 aliphatic carbocycles. The third-order valence-electron chi connectivity index (χ3n) is 2.81. The van der Waals surface area contributed by atoms with E-state index >= 15 is 0 Å². The number of methoxy groups -OCH3 is 1. The number of nitrogens with zero attached hydrogens (tertiary/aromatic N) is 6. The molecule has 0 spiro atoms. The van der Waals surface area contributed by atoms with Crippen molar-refractivity contribution in [3.63, 3.8) is 0 Å². The SMILES string of the molecule is COc1ncnc2c1nc(N)n2Cc1ccn(C)n1. The molecule has 2 N–H and O–H groups in total. The molecule has 0 radical (unpaired) electrons. The summed E-state index contributed by atoms with van der Waals surface area (Å²) in [5, 5.41) is 4.31. The topological polar surface area (TPSA) is 96.7 Å². The minimum absolute atomic E-state index is 0.361. The van der Waals surface area contributed by atoms with Gasteiger partial charge in [0.05, 0.1) is 19.3 Å². The fraction of sp³-hybridized carbons (Fsp3) is 0.273. The molecule has 0 aromatic carbocycles. The van der Waals surface area contributed by atoms with E-state index in [4.69, 9.17) is 10.5 Å². The van der Waals surface area contributed by atoms with Crippen LogP contribution in [0.25, 0.3) is 11.2 Å². The smallest absolute Gasteiger partial charge is 0.245 e. The summed E-state index contributed by atoms with van der Waals surface area (Å²) in [4.78, 5) is 12.5. The maximum Gasteiger partial charge on any atom is 0.245 e. The second-order valence-electron chi connectivity index (χ2n) is 4.09. The number of hydrogen-bond donors (Lipinski definition) is 1. The minimum atomic E-state index is 0.361. The number of nitrogen functional groups attached to an aromatic ring is 1. The molecule has 0 aliphatic rings. The van der Waals surface area contributed by atoms with Gasteiger partial charge in [-0.2, -0.15) is 10.1 Å². The number of nitrogens with two attached hydrogens (primary N) is 1. The summed E-state index contributed by atoms with van der Waals surface area (Å²) in [6, 6.07) is 1.92. The Labute approximate surface area is 108 Å². The molecule has 3 rings (SSSR count). The average molecular weight is 259 g/mol. The molecular formula is C11H13N7O.